The van der Waals surface area contributed by atoms with E-state index in [4.69, 9.17) is 5.11 Å². The van der Waals surface area contributed by atoms with Crippen molar-refractivity contribution in [2.24, 2.45) is 0 Å². The molecule has 0 fully saturated rings. The second kappa shape index (κ2) is 5.98. The highest BCUT2D eigenvalue weighted by Crippen LogP contribution is 2.16. The zero-order chi connectivity index (χ0) is 13.0. The second-order valence-corrected chi connectivity index (χ2v) is 4.84. The number of fused-ring (bicyclic) bond motifs is 1. The largest absolute Gasteiger partial charge is 0.393 e. The molecule has 0 aromatic heterocycles. The summed E-state index contributed by atoms with van der Waals surface area (Å²) in [4.78, 5) is 11.9. The Morgan fingerprint density at radius 2 is 2.22 bits per heavy atom. The number of amides is 1. The van der Waals surface area contributed by atoms with Crippen molar-refractivity contribution in [2.75, 3.05) is 6.54 Å². The van der Waals surface area contributed by atoms with Crippen LogP contribution in [0.25, 0.3) is 0 Å². The molecule has 1 amide bonds. The van der Waals surface area contributed by atoms with Crippen LogP contribution in [0.2, 0.25) is 0 Å². The number of hydrogen-bond acceptors (Lipinski definition) is 3. The summed E-state index contributed by atoms with van der Waals surface area (Å²) in [6, 6.07) is 8.03. The number of carbonyl (C=O) groups excluding carboxylic acids is 1. The molecule has 4 nitrogen and oxygen atoms in total. The molecule has 3 N–H and O–H groups in total. The molecule has 1 aliphatic rings. The fourth-order valence-corrected chi connectivity index (χ4v) is 2.17. The van der Waals surface area contributed by atoms with Crippen LogP contribution < -0.4 is 10.6 Å². The predicted octanol–water partition coefficient (Wildman–Crippen LogP) is 0.588. The number of nitrogens with one attached hydrogen (secondary N) is 2. The number of benzene rings is 1. The molecular formula is C14H20N2O2. The first-order valence-corrected chi connectivity index (χ1v) is 6.43. The number of hydrogen-bond donors (Lipinski definition) is 3. The van der Waals surface area contributed by atoms with Crippen molar-refractivity contribution in [1.29, 1.82) is 0 Å². The molecule has 0 spiro atoms. The highest BCUT2D eigenvalue weighted by atomic mass is 16.3. The Kier molecular flexibility index (Phi) is 4.33. The van der Waals surface area contributed by atoms with E-state index >= 15 is 0 Å². The van der Waals surface area contributed by atoms with Crippen LogP contribution in [0.1, 0.15) is 24.5 Å². The fourth-order valence-electron chi connectivity index (χ4n) is 2.17. The lowest BCUT2D eigenvalue weighted by Gasteiger charge is -2.25. The quantitative estimate of drug-likeness (QED) is 0.731. The Hall–Kier alpha value is -1.39. The first kappa shape index (κ1) is 13.1. The van der Waals surface area contributed by atoms with Crippen LogP contribution in [-0.4, -0.2) is 29.7 Å². The van der Waals surface area contributed by atoms with Crippen molar-refractivity contribution in [3.63, 3.8) is 0 Å². The van der Waals surface area contributed by atoms with E-state index in [1.807, 2.05) is 12.1 Å². The Morgan fingerprint density at radius 3 is 2.94 bits per heavy atom. The van der Waals surface area contributed by atoms with Crippen LogP contribution in [0.4, 0.5) is 0 Å². The van der Waals surface area contributed by atoms with Gasteiger partial charge in [-0.3, -0.25) is 4.79 Å². The van der Waals surface area contributed by atoms with Gasteiger partial charge < -0.3 is 15.7 Å². The van der Waals surface area contributed by atoms with E-state index in [9.17, 15) is 4.79 Å². The van der Waals surface area contributed by atoms with Gasteiger partial charge in [-0.2, -0.15) is 0 Å². The van der Waals surface area contributed by atoms with E-state index in [0.29, 0.717) is 13.0 Å². The maximum atomic E-state index is 11.9. The van der Waals surface area contributed by atoms with E-state index in [1.54, 1.807) is 6.92 Å². The normalized spacial score (nSPS) is 20.0. The molecule has 0 bridgehead atoms. The smallest absolute Gasteiger partial charge is 0.237 e. The van der Waals surface area contributed by atoms with E-state index in [-0.39, 0.29) is 18.1 Å². The van der Waals surface area contributed by atoms with Gasteiger partial charge in [0.25, 0.3) is 0 Å². The van der Waals surface area contributed by atoms with Crippen molar-refractivity contribution < 1.29 is 9.90 Å². The van der Waals surface area contributed by atoms with Gasteiger partial charge in [-0.25, -0.2) is 0 Å². The fraction of sp³-hybridized carbons (Fsp3) is 0.500. The van der Waals surface area contributed by atoms with Gasteiger partial charge in [0, 0.05) is 13.1 Å². The first-order valence-electron chi connectivity index (χ1n) is 6.43. The van der Waals surface area contributed by atoms with Gasteiger partial charge in [0.2, 0.25) is 5.91 Å². The lowest BCUT2D eigenvalue weighted by atomic mass is 9.95. The molecule has 2 rings (SSSR count). The van der Waals surface area contributed by atoms with E-state index in [2.05, 4.69) is 22.8 Å². The van der Waals surface area contributed by atoms with E-state index < -0.39 is 0 Å². The van der Waals surface area contributed by atoms with Gasteiger partial charge in [-0.1, -0.05) is 24.3 Å². The number of aliphatic hydroxyl groups excluding tert-OH is 1. The van der Waals surface area contributed by atoms with E-state index in [1.165, 1.54) is 11.1 Å². The second-order valence-electron chi connectivity index (χ2n) is 4.84. The lowest BCUT2D eigenvalue weighted by Crippen LogP contribution is -2.48. The minimum atomic E-state index is -0.370. The highest BCUT2D eigenvalue weighted by Gasteiger charge is 2.23. The molecular weight excluding hydrogens is 228 g/mol. The van der Waals surface area contributed by atoms with Gasteiger partial charge in [0.15, 0.2) is 0 Å². The molecule has 1 aromatic rings. The first-order chi connectivity index (χ1) is 8.66. The molecule has 0 radical (unpaired) electrons. The van der Waals surface area contributed by atoms with Crippen LogP contribution in [-0.2, 0) is 17.8 Å². The number of rotatable bonds is 4. The summed E-state index contributed by atoms with van der Waals surface area (Å²) in [5, 5.41) is 15.2. The third-order valence-corrected chi connectivity index (χ3v) is 3.26. The molecule has 0 saturated heterocycles. The monoisotopic (exact) mass is 248 g/mol. The average Bonchev–Trinajstić information content (AvgIpc) is 2.37. The Bertz CT molecular complexity index is 418. The maximum absolute atomic E-state index is 11.9. The summed E-state index contributed by atoms with van der Waals surface area (Å²) in [7, 11) is 0. The topological polar surface area (TPSA) is 61.4 Å². The van der Waals surface area contributed by atoms with Crippen molar-refractivity contribution in [3.05, 3.63) is 35.4 Å². The molecule has 2 atom stereocenters. The molecule has 4 heteroatoms. The average molecular weight is 248 g/mol. The standard InChI is InChI=1S/C14H20N2O2/c1-10(17)6-7-15-14(18)13-8-11-4-2-3-5-12(11)9-16-13/h2-5,10,13,16-17H,6-9H2,1H3,(H,15,18)/t10?,13-/m1/s1. The minimum Gasteiger partial charge on any atom is -0.393 e. The van der Waals surface area contributed by atoms with Crippen LogP contribution in [0.3, 0.4) is 0 Å². The molecule has 98 valence electrons. The molecule has 18 heavy (non-hydrogen) atoms. The SMILES string of the molecule is CC(O)CCNC(=O)[C@H]1Cc2ccccc2CN1. The Morgan fingerprint density at radius 1 is 1.50 bits per heavy atom. The van der Waals surface area contributed by atoms with Crippen LogP contribution in [0.15, 0.2) is 24.3 Å². The van der Waals surface area contributed by atoms with Gasteiger partial charge >= 0.3 is 0 Å². The van der Waals surface area contributed by atoms with Gasteiger partial charge in [0.05, 0.1) is 12.1 Å². The summed E-state index contributed by atoms with van der Waals surface area (Å²) in [6.07, 6.45) is 0.955. The van der Waals surface area contributed by atoms with Gasteiger partial charge in [-0.15, -0.1) is 0 Å². The van der Waals surface area contributed by atoms with Crippen molar-refractivity contribution in [2.45, 2.75) is 38.5 Å². The van der Waals surface area contributed by atoms with Crippen LogP contribution in [0, 0.1) is 0 Å². The van der Waals surface area contributed by atoms with Gasteiger partial charge in [-0.05, 0) is 30.9 Å². The third-order valence-electron chi connectivity index (χ3n) is 3.26. The minimum absolute atomic E-state index is 0.0187. The summed E-state index contributed by atoms with van der Waals surface area (Å²) < 4.78 is 0. The molecule has 1 aromatic carbocycles. The number of carbonyl (C=O) groups is 1. The van der Waals surface area contributed by atoms with Crippen molar-refractivity contribution in [1.82, 2.24) is 10.6 Å². The Labute approximate surface area is 107 Å². The summed E-state index contributed by atoms with van der Waals surface area (Å²) in [6.45, 7) is 2.99. The molecule has 0 aliphatic carbocycles. The maximum Gasteiger partial charge on any atom is 0.237 e. The van der Waals surface area contributed by atoms with Crippen molar-refractivity contribution >= 4 is 5.91 Å². The van der Waals surface area contributed by atoms with Crippen LogP contribution >= 0.6 is 0 Å². The summed E-state index contributed by atoms with van der Waals surface area (Å²) >= 11 is 0. The molecule has 0 saturated carbocycles. The summed E-state index contributed by atoms with van der Waals surface area (Å²) in [5.41, 5.74) is 2.51. The zero-order valence-electron chi connectivity index (χ0n) is 10.6. The molecule has 1 heterocycles. The third kappa shape index (κ3) is 3.31. The molecule has 1 unspecified atom stereocenters. The van der Waals surface area contributed by atoms with Crippen LogP contribution in [0.5, 0.6) is 0 Å². The predicted molar refractivity (Wildman–Crippen MR) is 70.1 cm³/mol. The Balaban J connectivity index is 1.87. The molecule has 1 aliphatic heterocycles. The van der Waals surface area contributed by atoms with Gasteiger partial charge in [0.1, 0.15) is 0 Å². The number of aliphatic hydroxyl groups is 1. The highest BCUT2D eigenvalue weighted by molar-refractivity contribution is 5.82. The summed E-state index contributed by atoms with van der Waals surface area (Å²) in [5.74, 6) is 0.0187. The van der Waals surface area contributed by atoms with Crippen molar-refractivity contribution in [3.8, 4) is 0 Å². The van der Waals surface area contributed by atoms with E-state index in [0.717, 1.165) is 13.0 Å². The zero-order valence-corrected chi connectivity index (χ0v) is 10.6. The lowest BCUT2D eigenvalue weighted by molar-refractivity contribution is -0.123.